The molecule has 0 atom stereocenters. The van der Waals surface area contributed by atoms with Crippen LogP contribution in [-0.2, 0) is 4.74 Å². The summed E-state index contributed by atoms with van der Waals surface area (Å²) >= 11 is 0. The van der Waals surface area contributed by atoms with Gasteiger partial charge in [0.05, 0.1) is 24.8 Å². The fourth-order valence-corrected chi connectivity index (χ4v) is 3.74. The second kappa shape index (κ2) is 12.7. The lowest BCUT2D eigenvalue weighted by Crippen LogP contribution is -2.15. The Balaban J connectivity index is 2.15. The molecule has 0 amide bonds. The van der Waals surface area contributed by atoms with Crippen molar-refractivity contribution >= 4 is 11.8 Å². The molecule has 0 fully saturated rings. The average Bonchev–Trinajstić information content (AvgIpc) is 2.76. The molecule has 0 heterocycles. The van der Waals surface area contributed by atoms with Gasteiger partial charge in [-0.1, -0.05) is 51.9 Å². The van der Waals surface area contributed by atoms with Gasteiger partial charge in [0.1, 0.15) is 28.6 Å². The molecule has 0 aliphatic heterocycles. The fraction of sp³-hybridized carbons (Fsp3) is 0.462. The molecule has 7 heteroatoms. The normalized spacial score (nSPS) is 10.8. The number of aryl methyl sites for hydroxylation is 1. The second-order valence-electron chi connectivity index (χ2n) is 8.19. The number of methoxy groups -OCH3 is 1. The molecule has 7 nitrogen and oxygen atoms in total. The average molecular weight is 459 g/mol. The summed E-state index contributed by atoms with van der Waals surface area (Å²) in [5.41, 5.74) is -0.201. The Kier molecular flexibility index (Phi) is 10.0. The second-order valence-corrected chi connectivity index (χ2v) is 8.19. The standard InChI is InChI=1S/C26H34O7/c1-4-5-6-7-8-9-10-11-12-33-26(31)19-15-18(27)16-22(32-3)23(19)25(30)24-20(28)13-17(2)14-21(24)29/h13-16,27-29H,4-12H2,1-3H3. The van der Waals surface area contributed by atoms with Crippen molar-refractivity contribution in [2.45, 2.75) is 65.2 Å². The van der Waals surface area contributed by atoms with Gasteiger partial charge in [0.25, 0.3) is 0 Å². The Morgan fingerprint density at radius 2 is 1.39 bits per heavy atom. The summed E-state index contributed by atoms with van der Waals surface area (Å²) in [6, 6.07) is 4.97. The summed E-state index contributed by atoms with van der Waals surface area (Å²) in [5, 5.41) is 30.5. The molecule has 0 radical (unpaired) electrons. The lowest BCUT2D eigenvalue weighted by molar-refractivity contribution is 0.0493. The largest absolute Gasteiger partial charge is 0.508 e. The maximum Gasteiger partial charge on any atom is 0.339 e. The number of carbonyl (C=O) groups excluding carboxylic acids is 2. The summed E-state index contributed by atoms with van der Waals surface area (Å²) in [6.45, 7) is 4.02. The maximum absolute atomic E-state index is 13.2. The molecule has 2 rings (SSSR count). The van der Waals surface area contributed by atoms with E-state index in [0.29, 0.717) is 12.0 Å². The number of unbranched alkanes of at least 4 members (excludes halogenated alkanes) is 7. The highest BCUT2D eigenvalue weighted by Gasteiger charge is 2.29. The van der Waals surface area contributed by atoms with E-state index < -0.39 is 23.3 Å². The first kappa shape index (κ1) is 26.0. The minimum absolute atomic E-state index is 0.0709. The first-order chi connectivity index (χ1) is 15.8. The topological polar surface area (TPSA) is 113 Å². The van der Waals surface area contributed by atoms with Gasteiger partial charge in [0.2, 0.25) is 5.78 Å². The van der Waals surface area contributed by atoms with Crippen molar-refractivity contribution < 1.29 is 34.4 Å². The predicted octanol–water partition coefficient (Wildman–Crippen LogP) is 5.65. The first-order valence-electron chi connectivity index (χ1n) is 11.5. The molecule has 33 heavy (non-hydrogen) atoms. The smallest absolute Gasteiger partial charge is 0.339 e. The Bertz CT molecular complexity index is 942. The quantitative estimate of drug-likeness (QED) is 0.202. The number of hydrogen-bond donors (Lipinski definition) is 3. The van der Waals surface area contributed by atoms with Crippen molar-refractivity contribution in [1.29, 1.82) is 0 Å². The number of ketones is 1. The number of aromatic hydroxyl groups is 3. The molecule has 0 aliphatic carbocycles. The van der Waals surface area contributed by atoms with Gasteiger partial charge in [0, 0.05) is 6.07 Å². The summed E-state index contributed by atoms with van der Waals surface area (Å²) in [4.78, 5) is 26.0. The van der Waals surface area contributed by atoms with Gasteiger partial charge in [-0.3, -0.25) is 4.79 Å². The van der Waals surface area contributed by atoms with E-state index in [2.05, 4.69) is 6.92 Å². The van der Waals surface area contributed by atoms with Crippen LogP contribution in [0.25, 0.3) is 0 Å². The molecular weight excluding hydrogens is 424 g/mol. The van der Waals surface area contributed by atoms with E-state index in [1.807, 2.05) is 0 Å². The number of carbonyl (C=O) groups is 2. The number of esters is 1. The van der Waals surface area contributed by atoms with Gasteiger partial charge in [-0.25, -0.2) is 4.79 Å². The molecular formula is C26H34O7. The van der Waals surface area contributed by atoms with E-state index >= 15 is 0 Å². The van der Waals surface area contributed by atoms with E-state index in [4.69, 9.17) is 9.47 Å². The maximum atomic E-state index is 13.2. The minimum Gasteiger partial charge on any atom is -0.508 e. The van der Waals surface area contributed by atoms with E-state index in [-0.39, 0.29) is 34.8 Å². The molecule has 0 spiro atoms. The van der Waals surface area contributed by atoms with Crippen molar-refractivity contribution in [2.75, 3.05) is 13.7 Å². The van der Waals surface area contributed by atoms with E-state index in [9.17, 15) is 24.9 Å². The Labute approximate surface area is 195 Å². The van der Waals surface area contributed by atoms with Crippen molar-refractivity contribution in [2.24, 2.45) is 0 Å². The van der Waals surface area contributed by atoms with Crippen LogP contribution < -0.4 is 4.74 Å². The number of ether oxygens (including phenoxy) is 2. The number of benzene rings is 2. The van der Waals surface area contributed by atoms with Crippen LogP contribution >= 0.6 is 0 Å². The van der Waals surface area contributed by atoms with Crippen molar-refractivity contribution in [1.82, 2.24) is 0 Å². The Hall–Kier alpha value is -3.22. The van der Waals surface area contributed by atoms with E-state index in [0.717, 1.165) is 25.3 Å². The number of rotatable bonds is 13. The van der Waals surface area contributed by atoms with Crippen LogP contribution in [0.2, 0.25) is 0 Å². The van der Waals surface area contributed by atoms with Crippen molar-refractivity contribution in [3.05, 3.63) is 46.5 Å². The lowest BCUT2D eigenvalue weighted by Gasteiger charge is -2.15. The number of phenols is 3. The van der Waals surface area contributed by atoms with Gasteiger partial charge in [-0.15, -0.1) is 0 Å². The molecule has 0 aromatic heterocycles. The zero-order valence-electron chi connectivity index (χ0n) is 19.6. The summed E-state index contributed by atoms with van der Waals surface area (Å²) in [5.74, 6) is -2.81. The molecule has 0 saturated carbocycles. The molecule has 180 valence electrons. The molecule has 0 aliphatic rings. The van der Waals surface area contributed by atoms with Crippen LogP contribution in [0.5, 0.6) is 23.0 Å². The third-order valence-corrected chi connectivity index (χ3v) is 5.45. The SMILES string of the molecule is CCCCCCCCCCOC(=O)c1cc(O)cc(OC)c1C(=O)c1c(O)cc(C)cc1O. The van der Waals surface area contributed by atoms with Gasteiger partial charge >= 0.3 is 5.97 Å². The van der Waals surface area contributed by atoms with Crippen LogP contribution in [0.15, 0.2) is 24.3 Å². The lowest BCUT2D eigenvalue weighted by atomic mass is 9.95. The molecule has 0 unspecified atom stereocenters. The zero-order chi connectivity index (χ0) is 24.4. The number of hydrogen-bond acceptors (Lipinski definition) is 7. The molecule has 2 aromatic carbocycles. The summed E-state index contributed by atoms with van der Waals surface area (Å²) in [6.07, 6.45) is 8.76. The van der Waals surface area contributed by atoms with Crippen LogP contribution in [0, 0.1) is 6.92 Å². The highest BCUT2D eigenvalue weighted by atomic mass is 16.5. The highest BCUT2D eigenvalue weighted by Crippen LogP contribution is 2.36. The van der Waals surface area contributed by atoms with Gasteiger partial charge in [0.15, 0.2) is 0 Å². The molecule has 0 saturated heterocycles. The fourth-order valence-electron chi connectivity index (χ4n) is 3.74. The van der Waals surface area contributed by atoms with Gasteiger partial charge in [-0.05, 0) is 37.1 Å². The third-order valence-electron chi connectivity index (χ3n) is 5.45. The van der Waals surface area contributed by atoms with E-state index in [1.54, 1.807) is 6.92 Å². The van der Waals surface area contributed by atoms with Crippen LogP contribution in [0.4, 0.5) is 0 Å². The predicted molar refractivity (Wildman–Crippen MR) is 125 cm³/mol. The van der Waals surface area contributed by atoms with Gasteiger partial charge in [-0.2, -0.15) is 0 Å². The first-order valence-corrected chi connectivity index (χ1v) is 11.5. The van der Waals surface area contributed by atoms with Crippen LogP contribution in [-0.4, -0.2) is 40.8 Å². The monoisotopic (exact) mass is 458 g/mol. The molecule has 3 N–H and O–H groups in total. The third kappa shape index (κ3) is 7.14. The molecule has 0 bridgehead atoms. The highest BCUT2D eigenvalue weighted by molar-refractivity contribution is 6.18. The Morgan fingerprint density at radius 3 is 1.97 bits per heavy atom. The van der Waals surface area contributed by atoms with E-state index in [1.165, 1.54) is 51.0 Å². The zero-order valence-corrected chi connectivity index (χ0v) is 19.6. The summed E-state index contributed by atoms with van der Waals surface area (Å²) in [7, 11) is 1.29. The van der Waals surface area contributed by atoms with Gasteiger partial charge < -0.3 is 24.8 Å². The minimum atomic E-state index is -0.819. The van der Waals surface area contributed by atoms with Crippen molar-refractivity contribution in [3.8, 4) is 23.0 Å². The Morgan fingerprint density at radius 1 is 0.818 bits per heavy atom. The van der Waals surface area contributed by atoms with Crippen molar-refractivity contribution in [3.63, 3.8) is 0 Å². The van der Waals surface area contributed by atoms with Crippen LogP contribution in [0.1, 0.15) is 90.1 Å². The molecule has 2 aromatic rings. The number of phenolic OH excluding ortho intramolecular Hbond substituents is 3. The van der Waals surface area contributed by atoms with Crippen LogP contribution in [0.3, 0.4) is 0 Å². The summed E-state index contributed by atoms with van der Waals surface area (Å²) < 4.78 is 10.6.